The number of piperidine rings is 1. The summed E-state index contributed by atoms with van der Waals surface area (Å²) in [4.78, 5) is 17.3. The molecule has 216 valence electrons. The van der Waals surface area contributed by atoms with Crippen LogP contribution in [0.3, 0.4) is 0 Å². The van der Waals surface area contributed by atoms with E-state index < -0.39 is 0 Å². The quantitative estimate of drug-likeness (QED) is 0.203. The largest absolute Gasteiger partial charge is 0.497 e. The third-order valence-electron chi connectivity index (χ3n) is 6.74. The summed E-state index contributed by atoms with van der Waals surface area (Å²) in [6.07, 6.45) is 4.70. The van der Waals surface area contributed by atoms with Gasteiger partial charge in [-0.3, -0.25) is 9.69 Å². The predicted molar refractivity (Wildman–Crippen MR) is 168 cm³/mol. The highest BCUT2D eigenvalue weighted by Gasteiger charge is 2.20. The SMILES string of the molecule is CC.CCN(C)/C=C(/C(=O)c1ccccc1)c1cccc(OC)c1.CCN1CCCC(Oc2ccc(C)cc2)C1. The van der Waals surface area contributed by atoms with Crippen molar-refractivity contribution in [3.05, 3.63) is 102 Å². The van der Waals surface area contributed by atoms with Gasteiger partial charge in [-0.25, -0.2) is 0 Å². The van der Waals surface area contributed by atoms with E-state index in [2.05, 4.69) is 43.0 Å². The highest BCUT2D eigenvalue weighted by Crippen LogP contribution is 2.24. The normalized spacial score (nSPS) is 15.1. The zero-order valence-electron chi connectivity index (χ0n) is 25.5. The Bertz CT molecular complexity index is 1160. The van der Waals surface area contributed by atoms with E-state index in [-0.39, 0.29) is 5.78 Å². The summed E-state index contributed by atoms with van der Waals surface area (Å²) in [7, 11) is 3.58. The van der Waals surface area contributed by atoms with Gasteiger partial charge in [0, 0.05) is 37.5 Å². The fourth-order valence-electron chi connectivity index (χ4n) is 4.32. The highest BCUT2D eigenvalue weighted by molar-refractivity contribution is 6.28. The van der Waals surface area contributed by atoms with Crippen LogP contribution >= 0.6 is 0 Å². The Morgan fingerprint density at radius 3 is 2.25 bits per heavy atom. The predicted octanol–water partition coefficient (Wildman–Crippen LogP) is 7.76. The zero-order valence-corrected chi connectivity index (χ0v) is 25.5. The van der Waals surface area contributed by atoms with Crippen molar-refractivity contribution in [1.82, 2.24) is 9.80 Å². The molecule has 1 aliphatic heterocycles. The molecule has 1 fully saturated rings. The van der Waals surface area contributed by atoms with Crippen molar-refractivity contribution in [1.29, 1.82) is 0 Å². The van der Waals surface area contributed by atoms with Gasteiger partial charge in [-0.1, -0.05) is 80.9 Å². The number of likely N-dealkylation sites (N-methyl/N-ethyl adjacent to an activating group) is 1. The average Bonchev–Trinajstić information content (AvgIpc) is 3.02. The van der Waals surface area contributed by atoms with Crippen molar-refractivity contribution in [2.75, 3.05) is 40.3 Å². The molecule has 5 heteroatoms. The van der Waals surface area contributed by atoms with Crippen molar-refractivity contribution in [2.45, 2.75) is 53.6 Å². The standard InChI is InChI=1S/C19H21NO2.C14H21NO.C2H6/c1-4-20(2)14-18(16-11-8-12-17(13-16)22-3)19(21)15-9-6-5-7-10-15;1-3-15-10-4-5-14(11-15)16-13-8-6-12(2)7-9-13;1-2/h5-14H,4H2,1-3H3;6-9,14H,3-5,10-11H2,1-2H3;1-2H3/b18-14+;;. The Labute approximate surface area is 242 Å². The van der Waals surface area contributed by atoms with Crippen LogP contribution in [0.25, 0.3) is 5.57 Å². The van der Waals surface area contributed by atoms with E-state index in [0.717, 1.165) is 36.7 Å². The number of nitrogens with zero attached hydrogens (tertiary/aromatic N) is 2. The van der Waals surface area contributed by atoms with Gasteiger partial charge in [0.05, 0.1) is 7.11 Å². The molecule has 1 atom stereocenters. The summed E-state index contributed by atoms with van der Waals surface area (Å²) in [5.74, 6) is 1.76. The summed E-state index contributed by atoms with van der Waals surface area (Å²) in [5, 5.41) is 0. The molecule has 0 bridgehead atoms. The lowest BCUT2D eigenvalue weighted by Gasteiger charge is -2.32. The van der Waals surface area contributed by atoms with Gasteiger partial charge in [-0.05, 0) is 69.6 Å². The molecule has 0 aliphatic carbocycles. The van der Waals surface area contributed by atoms with Gasteiger partial charge >= 0.3 is 0 Å². The summed E-state index contributed by atoms with van der Waals surface area (Å²) in [6, 6.07) is 25.3. The van der Waals surface area contributed by atoms with Crippen LogP contribution in [0, 0.1) is 6.92 Å². The number of hydrogen-bond acceptors (Lipinski definition) is 5. The lowest BCUT2D eigenvalue weighted by Crippen LogP contribution is -2.40. The summed E-state index contributed by atoms with van der Waals surface area (Å²) < 4.78 is 11.3. The molecule has 4 rings (SSSR count). The number of rotatable bonds is 9. The number of aryl methyl sites for hydroxylation is 1. The highest BCUT2D eigenvalue weighted by atomic mass is 16.5. The molecule has 3 aromatic carbocycles. The molecule has 0 radical (unpaired) electrons. The first-order valence-corrected chi connectivity index (χ1v) is 14.5. The number of Topliss-reactive ketones (excluding diaryl/α,β-unsaturated/α-hetero) is 1. The fourth-order valence-corrected chi connectivity index (χ4v) is 4.32. The minimum atomic E-state index is 0.00848. The van der Waals surface area contributed by atoms with E-state index in [1.54, 1.807) is 7.11 Å². The van der Waals surface area contributed by atoms with E-state index in [4.69, 9.17) is 9.47 Å². The Balaban J connectivity index is 0.000000275. The maximum Gasteiger partial charge on any atom is 0.195 e. The lowest BCUT2D eigenvalue weighted by molar-refractivity contribution is 0.0919. The molecular weight excluding hydrogens is 496 g/mol. The zero-order chi connectivity index (χ0) is 29.3. The van der Waals surface area contributed by atoms with Crippen LogP contribution in [0.15, 0.2) is 85.1 Å². The number of allylic oxidation sites excluding steroid dienone is 1. The van der Waals surface area contributed by atoms with Crippen LogP contribution in [-0.2, 0) is 0 Å². The fraction of sp³-hybridized carbons (Fsp3) is 0.400. The number of likely N-dealkylation sites (tertiary alicyclic amines) is 1. The minimum Gasteiger partial charge on any atom is -0.497 e. The van der Waals surface area contributed by atoms with Gasteiger partial charge < -0.3 is 14.4 Å². The van der Waals surface area contributed by atoms with Gasteiger partial charge in [0.1, 0.15) is 17.6 Å². The Morgan fingerprint density at radius 1 is 0.950 bits per heavy atom. The number of carbonyl (C=O) groups excluding carboxylic acids is 1. The van der Waals surface area contributed by atoms with E-state index in [1.165, 1.54) is 24.9 Å². The third-order valence-corrected chi connectivity index (χ3v) is 6.74. The Kier molecular flexibility index (Phi) is 14.6. The van der Waals surface area contributed by atoms with E-state index in [9.17, 15) is 4.79 Å². The molecular formula is C35H48N2O3. The van der Waals surface area contributed by atoms with Crippen molar-refractivity contribution in [2.24, 2.45) is 0 Å². The van der Waals surface area contributed by atoms with Crippen LogP contribution in [-0.4, -0.2) is 62.0 Å². The molecule has 0 spiro atoms. The Morgan fingerprint density at radius 2 is 1.62 bits per heavy atom. The number of ketones is 1. The van der Waals surface area contributed by atoms with Crippen LogP contribution < -0.4 is 9.47 Å². The molecule has 40 heavy (non-hydrogen) atoms. The van der Waals surface area contributed by atoms with Gasteiger partial charge in [0.2, 0.25) is 0 Å². The van der Waals surface area contributed by atoms with Gasteiger partial charge in [-0.2, -0.15) is 0 Å². The number of ether oxygens (including phenoxy) is 2. The minimum absolute atomic E-state index is 0.00848. The molecule has 1 unspecified atom stereocenters. The second-order valence-electron chi connectivity index (χ2n) is 9.63. The second kappa shape index (κ2) is 17.9. The number of benzene rings is 3. The molecule has 0 saturated carbocycles. The molecule has 0 aromatic heterocycles. The van der Waals surface area contributed by atoms with Gasteiger partial charge in [-0.15, -0.1) is 0 Å². The summed E-state index contributed by atoms with van der Waals surface area (Å²) in [6.45, 7) is 14.6. The summed E-state index contributed by atoms with van der Waals surface area (Å²) >= 11 is 0. The van der Waals surface area contributed by atoms with Crippen molar-refractivity contribution in [3.63, 3.8) is 0 Å². The average molecular weight is 545 g/mol. The van der Waals surface area contributed by atoms with Crippen LogP contribution in [0.2, 0.25) is 0 Å². The van der Waals surface area contributed by atoms with E-state index >= 15 is 0 Å². The van der Waals surface area contributed by atoms with Crippen molar-refractivity contribution in [3.8, 4) is 11.5 Å². The molecule has 1 aliphatic rings. The first-order chi connectivity index (χ1) is 19.4. The van der Waals surface area contributed by atoms with Crippen LogP contribution in [0.4, 0.5) is 0 Å². The van der Waals surface area contributed by atoms with Crippen LogP contribution in [0.1, 0.15) is 62.0 Å². The first kappa shape index (κ1) is 32.6. The second-order valence-corrected chi connectivity index (χ2v) is 9.63. The van der Waals surface area contributed by atoms with Crippen molar-refractivity contribution >= 4 is 11.4 Å². The number of methoxy groups -OCH3 is 1. The summed E-state index contributed by atoms with van der Waals surface area (Å²) in [5.41, 5.74) is 3.48. The number of hydrogen-bond donors (Lipinski definition) is 0. The lowest BCUT2D eigenvalue weighted by atomic mass is 9.97. The maximum atomic E-state index is 12.9. The molecule has 0 amide bonds. The van der Waals surface area contributed by atoms with Gasteiger partial charge in [0.15, 0.2) is 5.78 Å². The van der Waals surface area contributed by atoms with E-state index in [0.29, 0.717) is 17.2 Å². The molecule has 0 N–H and O–H groups in total. The van der Waals surface area contributed by atoms with Gasteiger partial charge in [0.25, 0.3) is 0 Å². The van der Waals surface area contributed by atoms with E-state index in [1.807, 2.05) is 93.5 Å². The smallest absolute Gasteiger partial charge is 0.195 e. The number of carbonyl (C=O) groups is 1. The van der Waals surface area contributed by atoms with Crippen molar-refractivity contribution < 1.29 is 14.3 Å². The topological polar surface area (TPSA) is 42.0 Å². The molecule has 5 nitrogen and oxygen atoms in total. The molecule has 1 heterocycles. The third kappa shape index (κ3) is 10.5. The molecule has 3 aromatic rings. The molecule has 1 saturated heterocycles. The Hall–Kier alpha value is -3.57. The van der Waals surface area contributed by atoms with Crippen LogP contribution in [0.5, 0.6) is 11.5 Å². The maximum absolute atomic E-state index is 12.9. The monoisotopic (exact) mass is 544 g/mol. The first-order valence-electron chi connectivity index (χ1n) is 14.5.